The van der Waals surface area contributed by atoms with Gasteiger partial charge in [0.1, 0.15) is 0 Å². The van der Waals surface area contributed by atoms with Crippen LogP contribution >= 0.6 is 0 Å². The van der Waals surface area contributed by atoms with Crippen molar-refractivity contribution in [2.75, 3.05) is 13.7 Å². The number of hydrogen-bond donors (Lipinski definition) is 2. The highest BCUT2D eigenvalue weighted by atomic mass is 32.2. The summed E-state index contributed by atoms with van der Waals surface area (Å²) in [5.41, 5.74) is 6.29. The van der Waals surface area contributed by atoms with Crippen LogP contribution in [0.5, 0.6) is 0 Å². The summed E-state index contributed by atoms with van der Waals surface area (Å²) in [7, 11) is -1.96. The molecule has 0 saturated heterocycles. The van der Waals surface area contributed by atoms with Gasteiger partial charge < -0.3 is 10.5 Å². The zero-order valence-corrected chi connectivity index (χ0v) is 11.5. The first-order chi connectivity index (χ1) is 8.53. The van der Waals surface area contributed by atoms with Gasteiger partial charge in [0.25, 0.3) is 0 Å². The van der Waals surface area contributed by atoms with Crippen molar-refractivity contribution in [1.29, 1.82) is 0 Å². The van der Waals surface area contributed by atoms with Crippen LogP contribution in [0.3, 0.4) is 0 Å². The van der Waals surface area contributed by atoms with Crippen LogP contribution in [0.4, 0.5) is 0 Å². The molecule has 1 rings (SSSR count). The van der Waals surface area contributed by atoms with Crippen LogP contribution in [0, 0.1) is 0 Å². The van der Waals surface area contributed by atoms with Gasteiger partial charge in [-0.15, -0.1) is 0 Å². The summed E-state index contributed by atoms with van der Waals surface area (Å²) < 4.78 is 31.9. The van der Waals surface area contributed by atoms with Gasteiger partial charge >= 0.3 is 0 Å². The van der Waals surface area contributed by atoms with Gasteiger partial charge in [-0.2, -0.15) is 0 Å². The molecule has 5 nitrogen and oxygen atoms in total. The molecule has 18 heavy (non-hydrogen) atoms. The molecule has 1 unspecified atom stereocenters. The topological polar surface area (TPSA) is 81.4 Å². The standard InChI is InChI=1S/C12H20N2O3S/c1-3-11(9-17-2)14-18(15,16)12-6-4-5-10(7-12)8-13/h4-7,11,14H,3,8-9,13H2,1-2H3. The lowest BCUT2D eigenvalue weighted by molar-refractivity contribution is 0.173. The highest BCUT2D eigenvalue weighted by Crippen LogP contribution is 2.12. The van der Waals surface area contributed by atoms with E-state index in [1.165, 1.54) is 0 Å². The second kappa shape index (κ2) is 6.84. The molecule has 0 radical (unpaired) electrons. The van der Waals surface area contributed by atoms with Gasteiger partial charge in [0.2, 0.25) is 10.0 Å². The molecule has 1 atom stereocenters. The van der Waals surface area contributed by atoms with Gasteiger partial charge in [0.15, 0.2) is 0 Å². The molecule has 0 spiro atoms. The first kappa shape index (κ1) is 15.1. The molecule has 0 aliphatic carbocycles. The minimum atomic E-state index is -3.51. The average Bonchev–Trinajstić information content (AvgIpc) is 2.38. The number of nitrogens with two attached hydrogens (primary N) is 1. The zero-order chi connectivity index (χ0) is 13.6. The summed E-state index contributed by atoms with van der Waals surface area (Å²) in [4.78, 5) is 0.236. The van der Waals surface area contributed by atoms with Crippen LogP contribution in [0.25, 0.3) is 0 Å². The van der Waals surface area contributed by atoms with E-state index < -0.39 is 10.0 Å². The maximum atomic E-state index is 12.1. The molecule has 0 aliphatic heterocycles. The monoisotopic (exact) mass is 272 g/mol. The minimum Gasteiger partial charge on any atom is -0.383 e. The Balaban J connectivity index is 2.91. The van der Waals surface area contributed by atoms with Gasteiger partial charge in [-0.05, 0) is 24.1 Å². The van der Waals surface area contributed by atoms with Gasteiger partial charge in [-0.1, -0.05) is 19.1 Å². The van der Waals surface area contributed by atoms with E-state index in [1.807, 2.05) is 6.92 Å². The number of methoxy groups -OCH3 is 1. The summed E-state index contributed by atoms with van der Waals surface area (Å²) in [6.07, 6.45) is 0.670. The van der Waals surface area contributed by atoms with Crippen molar-refractivity contribution < 1.29 is 13.2 Å². The Morgan fingerprint density at radius 2 is 2.17 bits per heavy atom. The molecule has 0 amide bonds. The Hall–Kier alpha value is -0.950. The van der Waals surface area contributed by atoms with Crippen LogP contribution in [-0.2, 0) is 21.3 Å². The fourth-order valence-corrected chi connectivity index (χ4v) is 2.94. The summed E-state index contributed by atoms with van der Waals surface area (Å²) in [5.74, 6) is 0. The first-order valence-electron chi connectivity index (χ1n) is 5.83. The van der Waals surface area contributed by atoms with Crippen LogP contribution in [0.15, 0.2) is 29.2 Å². The SMILES string of the molecule is CCC(COC)NS(=O)(=O)c1cccc(CN)c1. The number of benzene rings is 1. The summed E-state index contributed by atoms with van der Waals surface area (Å²) in [6.45, 7) is 2.58. The lowest BCUT2D eigenvalue weighted by atomic mass is 10.2. The van der Waals surface area contributed by atoms with E-state index in [1.54, 1.807) is 31.4 Å². The average molecular weight is 272 g/mol. The molecule has 1 aromatic carbocycles. The van der Waals surface area contributed by atoms with Crippen molar-refractivity contribution in [1.82, 2.24) is 4.72 Å². The molecule has 0 aromatic heterocycles. The fourth-order valence-electron chi connectivity index (χ4n) is 1.56. The summed E-state index contributed by atoms with van der Waals surface area (Å²) in [5, 5.41) is 0. The first-order valence-corrected chi connectivity index (χ1v) is 7.32. The normalized spacial score (nSPS) is 13.5. The van der Waals surface area contributed by atoms with E-state index in [0.717, 1.165) is 5.56 Å². The van der Waals surface area contributed by atoms with E-state index in [2.05, 4.69) is 4.72 Å². The molecule has 0 bridgehead atoms. The van der Waals surface area contributed by atoms with Crippen molar-refractivity contribution in [3.8, 4) is 0 Å². The third-order valence-electron chi connectivity index (χ3n) is 2.63. The Kier molecular flexibility index (Phi) is 5.74. The fraction of sp³-hybridized carbons (Fsp3) is 0.500. The third kappa shape index (κ3) is 4.06. The Morgan fingerprint density at radius 3 is 2.72 bits per heavy atom. The molecule has 0 saturated carbocycles. The van der Waals surface area contributed by atoms with Crippen LogP contribution in [0.2, 0.25) is 0 Å². The van der Waals surface area contributed by atoms with Crippen molar-refractivity contribution >= 4 is 10.0 Å². The van der Waals surface area contributed by atoms with Crippen LogP contribution in [0.1, 0.15) is 18.9 Å². The predicted octanol–water partition coefficient (Wildman–Crippen LogP) is 0.849. The van der Waals surface area contributed by atoms with Gasteiger partial charge in [-0.25, -0.2) is 13.1 Å². The highest BCUT2D eigenvalue weighted by Gasteiger charge is 2.18. The van der Waals surface area contributed by atoms with E-state index >= 15 is 0 Å². The quantitative estimate of drug-likeness (QED) is 0.771. The summed E-state index contributed by atoms with van der Waals surface area (Å²) >= 11 is 0. The molecule has 0 aliphatic rings. The van der Waals surface area contributed by atoms with Gasteiger partial charge in [-0.3, -0.25) is 0 Å². The third-order valence-corrected chi connectivity index (χ3v) is 4.15. The molecule has 102 valence electrons. The van der Waals surface area contributed by atoms with Crippen molar-refractivity contribution in [2.45, 2.75) is 30.8 Å². The molecule has 6 heteroatoms. The Labute approximate surface area is 108 Å². The lowest BCUT2D eigenvalue weighted by Crippen LogP contribution is -2.37. The molecular weight excluding hydrogens is 252 g/mol. The number of sulfonamides is 1. The van der Waals surface area contributed by atoms with Crippen molar-refractivity contribution in [3.63, 3.8) is 0 Å². The van der Waals surface area contributed by atoms with Crippen LogP contribution in [-0.4, -0.2) is 28.2 Å². The Bertz CT molecular complexity index is 474. The van der Waals surface area contributed by atoms with Crippen molar-refractivity contribution in [2.24, 2.45) is 5.73 Å². The second-order valence-corrected chi connectivity index (χ2v) is 5.75. The number of hydrogen-bond acceptors (Lipinski definition) is 4. The molecular formula is C12H20N2O3S. The largest absolute Gasteiger partial charge is 0.383 e. The second-order valence-electron chi connectivity index (χ2n) is 4.03. The van der Waals surface area contributed by atoms with Gasteiger partial charge in [0, 0.05) is 19.7 Å². The molecule has 1 aromatic rings. The maximum absolute atomic E-state index is 12.1. The number of rotatable bonds is 7. The number of nitrogens with one attached hydrogen (secondary N) is 1. The Morgan fingerprint density at radius 1 is 1.44 bits per heavy atom. The highest BCUT2D eigenvalue weighted by molar-refractivity contribution is 7.89. The molecule has 0 fully saturated rings. The van der Waals surface area contributed by atoms with Gasteiger partial charge in [0.05, 0.1) is 11.5 Å². The predicted molar refractivity (Wildman–Crippen MR) is 70.6 cm³/mol. The van der Waals surface area contributed by atoms with E-state index in [9.17, 15) is 8.42 Å². The zero-order valence-electron chi connectivity index (χ0n) is 10.7. The van der Waals surface area contributed by atoms with E-state index in [-0.39, 0.29) is 10.9 Å². The van der Waals surface area contributed by atoms with E-state index in [0.29, 0.717) is 19.6 Å². The number of ether oxygens (including phenoxy) is 1. The van der Waals surface area contributed by atoms with Crippen molar-refractivity contribution in [3.05, 3.63) is 29.8 Å². The molecule has 0 heterocycles. The van der Waals surface area contributed by atoms with Crippen LogP contribution < -0.4 is 10.5 Å². The minimum absolute atomic E-state index is 0.221. The van der Waals surface area contributed by atoms with E-state index in [4.69, 9.17) is 10.5 Å². The summed E-state index contributed by atoms with van der Waals surface area (Å²) in [6, 6.07) is 6.41. The molecule has 3 N–H and O–H groups in total. The smallest absolute Gasteiger partial charge is 0.240 e. The maximum Gasteiger partial charge on any atom is 0.240 e. The lowest BCUT2D eigenvalue weighted by Gasteiger charge is -2.16.